The number of carbonyl (C=O) groups excluding carboxylic acids is 2. The number of Topliss-reactive ketones (excluding diaryl/α,β-unsaturated/α-hetero) is 1. The Kier molecular flexibility index (Phi) is 6.29. The first kappa shape index (κ1) is 20.3. The fourth-order valence-corrected chi connectivity index (χ4v) is 4.18. The molecular weight excluding hydrogens is 352 g/mol. The lowest BCUT2D eigenvalue weighted by Gasteiger charge is -2.36. The Hall–Kier alpha value is -2.47. The number of H-pyrrole nitrogens is 1. The van der Waals surface area contributed by atoms with Crippen LogP contribution in [0.25, 0.3) is 0 Å². The average Bonchev–Trinajstić information content (AvgIpc) is 3.00. The standard InChI is InChI=1S/C22H30N4O2/c1-15-20(17(3)27)16(2)24-21(15)22(28)25(4)19-9-13-26(14-10-19)12-8-18-7-5-6-11-23-18/h5-7,11,19,24H,8-10,12-14H2,1-4H3. The van der Waals surface area contributed by atoms with Gasteiger partial charge in [0.2, 0.25) is 0 Å². The molecule has 0 aromatic carbocycles. The van der Waals surface area contributed by atoms with Gasteiger partial charge in [0, 0.05) is 62.3 Å². The van der Waals surface area contributed by atoms with Crippen molar-refractivity contribution in [2.45, 2.75) is 46.1 Å². The highest BCUT2D eigenvalue weighted by Crippen LogP contribution is 2.22. The number of hydrogen-bond acceptors (Lipinski definition) is 4. The molecule has 2 aromatic heterocycles. The quantitative estimate of drug-likeness (QED) is 0.780. The first-order chi connectivity index (χ1) is 13.4. The van der Waals surface area contributed by atoms with E-state index in [4.69, 9.17) is 0 Å². The summed E-state index contributed by atoms with van der Waals surface area (Å²) in [6.45, 7) is 8.20. The van der Waals surface area contributed by atoms with Crippen LogP contribution < -0.4 is 0 Å². The lowest BCUT2D eigenvalue weighted by atomic mass is 10.0. The van der Waals surface area contributed by atoms with Gasteiger partial charge < -0.3 is 14.8 Å². The molecular formula is C22H30N4O2. The second kappa shape index (κ2) is 8.69. The number of piperidine rings is 1. The topological polar surface area (TPSA) is 69.3 Å². The third-order valence-electron chi connectivity index (χ3n) is 5.84. The maximum Gasteiger partial charge on any atom is 0.270 e. The van der Waals surface area contributed by atoms with E-state index < -0.39 is 0 Å². The average molecular weight is 383 g/mol. The number of nitrogens with zero attached hydrogens (tertiary/aromatic N) is 3. The summed E-state index contributed by atoms with van der Waals surface area (Å²) in [6.07, 6.45) is 4.71. The molecule has 0 bridgehead atoms. The van der Waals surface area contributed by atoms with E-state index in [1.165, 1.54) is 0 Å². The minimum atomic E-state index is -0.0277. The van der Waals surface area contributed by atoms with Crippen molar-refractivity contribution in [1.82, 2.24) is 19.8 Å². The zero-order valence-corrected chi connectivity index (χ0v) is 17.3. The zero-order valence-electron chi connectivity index (χ0n) is 17.3. The smallest absolute Gasteiger partial charge is 0.270 e. The molecule has 1 fully saturated rings. The number of likely N-dealkylation sites (tertiary alicyclic amines) is 1. The highest BCUT2D eigenvalue weighted by molar-refractivity contribution is 6.02. The van der Waals surface area contributed by atoms with E-state index in [-0.39, 0.29) is 17.7 Å². The normalized spacial score (nSPS) is 15.6. The van der Waals surface area contributed by atoms with Gasteiger partial charge in [-0.1, -0.05) is 6.07 Å². The summed E-state index contributed by atoms with van der Waals surface area (Å²) in [6, 6.07) is 6.25. The second-order valence-electron chi connectivity index (χ2n) is 7.74. The van der Waals surface area contributed by atoms with Crippen LogP contribution in [0.4, 0.5) is 0 Å². The van der Waals surface area contributed by atoms with Gasteiger partial charge in [0.1, 0.15) is 5.69 Å². The lowest BCUT2D eigenvalue weighted by molar-refractivity contribution is 0.0637. The number of hydrogen-bond donors (Lipinski definition) is 1. The van der Waals surface area contributed by atoms with Gasteiger partial charge in [-0.05, 0) is 51.3 Å². The third kappa shape index (κ3) is 4.33. The minimum absolute atomic E-state index is 0.00540. The summed E-state index contributed by atoms with van der Waals surface area (Å²) < 4.78 is 0. The van der Waals surface area contributed by atoms with Gasteiger partial charge in [0.05, 0.1) is 0 Å². The monoisotopic (exact) mass is 382 g/mol. The van der Waals surface area contributed by atoms with Crippen molar-refractivity contribution in [3.8, 4) is 0 Å². The van der Waals surface area contributed by atoms with Crippen molar-refractivity contribution < 1.29 is 9.59 Å². The molecule has 0 radical (unpaired) electrons. The maximum atomic E-state index is 13.0. The SMILES string of the molecule is CC(=O)c1c(C)[nH]c(C(=O)N(C)C2CCN(CCc3ccccn3)CC2)c1C. The van der Waals surface area contributed by atoms with Crippen molar-refractivity contribution in [2.24, 2.45) is 0 Å². The Morgan fingerprint density at radius 1 is 1.25 bits per heavy atom. The molecule has 3 heterocycles. The summed E-state index contributed by atoms with van der Waals surface area (Å²) in [4.78, 5) is 36.7. The van der Waals surface area contributed by atoms with Crippen LogP contribution in [0, 0.1) is 13.8 Å². The van der Waals surface area contributed by atoms with Crippen LogP contribution in [-0.4, -0.2) is 64.2 Å². The van der Waals surface area contributed by atoms with Gasteiger partial charge in [0.15, 0.2) is 5.78 Å². The molecule has 1 N–H and O–H groups in total. The molecule has 0 spiro atoms. The Balaban J connectivity index is 1.56. The predicted molar refractivity (Wildman–Crippen MR) is 110 cm³/mol. The van der Waals surface area contributed by atoms with E-state index in [2.05, 4.69) is 20.9 Å². The number of nitrogens with one attached hydrogen (secondary N) is 1. The molecule has 0 unspecified atom stereocenters. The van der Waals surface area contributed by atoms with Crippen LogP contribution in [0.1, 0.15) is 57.6 Å². The summed E-state index contributed by atoms with van der Waals surface area (Å²) in [5.41, 5.74) is 3.83. The molecule has 6 heteroatoms. The van der Waals surface area contributed by atoms with Crippen LogP contribution in [-0.2, 0) is 6.42 Å². The molecule has 0 aliphatic carbocycles. The fraction of sp³-hybridized carbons (Fsp3) is 0.500. The summed E-state index contributed by atoms with van der Waals surface area (Å²) in [7, 11) is 1.87. The van der Waals surface area contributed by atoms with Crippen LogP contribution >= 0.6 is 0 Å². The Morgan fingerprint density at radius 3 is 2.54 bits per heavy atom. The number of pyridine rings is 1. The number of aromatic nitrogens is 2. The van der Waals surface area contributed by atoms with E-state index in [9.17, 15) is 9.59 Å². The number of amides is 1. The summed E-state index contributed by atoms with van der Waals surface area (Å²) in [5.74, 6) is -0.0331. The Morgan fingerprint density at radius 2 is 1.96 bits per heavy atom. The molecule has 6 nitrogen and oxygen atoms in total. The molecule has 3 rings (SSSR count). The molecule has 150 valence electrons. The maximum absolute atomic E-state index is 13.0. The highest BCUT2D eigenvalue weighted by Gasteiger charge is 2.28. The highest BCUT2D eigenvalue weighted by atomic mass is 16.2. The van der Waals surface area contributed by atoms with E-state index in [1.807, 2.05) is 44.1 Å². The van der Waals surface area contributed by atoms with Gasteiger partial charge in [-0.2, -0.15) is 0 Å². The van der Waals surface area contributed by atoms with Crippen molar-refractivity contribution in [3.63, 3.8) is 0 Å². The van der Waals surface area contributed by atoms with Crippen molar-refractivity contribution >= 4 is 11.7 Å². The Labute approximate surface area is 166 Å². The van der Waals surface area contributed by atoms with Gasteiger partial charge in [-0.3, -0.25) is 14.6 Å². The number of aromatic amines is 1. The van der Waals surface area contributed by atoms with E-state index in [0.717, 1.165) is 55.8 Å². The molecule has 1 aliphatic heterocycles. The lowest BCUT2D eigenvalue weighted by Crippen LogP contribution is -2.46. The Bertz CT molecular complexity index is 836. The van der Waals surface area contributed by atoms with Crippen LogP contribution in [0.5, 0.6) is 0 Å². The largest absolute Gasteiger partial charge is 0.354 e. The molecule has 1 amide bonds. The number of rotatable bonds is 6. The van der Waals surface area contributed by atoms with Crippen LogP contribution in [0.3, 0.4) is 0 Å². The van der Waals surface area contributed by atoms with Crippen LogP contribution in [0.2, 0.25) is 0 Å². The number of ketones is 1. The summed E-state index contributed by atoms with van der Waals surface area (Å²) >= 11 is 0. The van der Waals surface area contributed by atoms with E-state index in [0.29, 0.717) is 11.3 Å². The van der Waals surface area contributed by atoms with Crippen molar-refractivity contribution in [3.05, 3.63) is 52.6 Å². The first-order valence-electron chi connectivity index (χ1n) is 9.98. The molecule has 0 atom stereocenters. The van der Waals surface area contributed by atoms with Crippen molar-refractivity contribution in [2.75, 3.05) is 26.7 Å². The second-order valence-corrected chi connectivity index (χ2v) is 7.74. The van der Waals surface area contributed by atoms with Gasteiger partial charge in [-0.25, -0.2) is 0 Å². The third-order valence-corrected chi connectivity index (χ3v) is 5.84. The predicted octanol–water partition coefficient (Wildman–Crippen LogP) is 3.01. The first-order valence-corrected chi connectivity index (χ1v) is 9.98. The minimum Gasteiger partial charge on any atom is -0.354 e. The fourth-order valence-electron chi connectivity index (χ4n) is 4.18. The van der Waals surface area contributed by atoms with Gasteiger partial charge in [0.25, 0.3) is 5.91 Å². The molecule has 28 heavy (non-hydrogen) atoms. The van der Waals surface area contributed by atoms with Gasteiger partial charge >= 0.3 is 0 Å². The van der Waals surface area contributed by atoms with E-state index >= 15 is 0 Å². The number of carbonyl (C=O) groups is 2. The zero-order chi connectivity index (χ0) is 20.3. The molecule has 1 saturated heterocycles. The molecule has 2 aromatic rings. The number of aryl methyl sites for hydroxylation is 1. The molecule has 0 saturated carbocycles. The molecule has 1 aliphatic rings. The van der Waals surface area contributed by atoms with Crippen LogP contribution in [0.15, 0.2) is 24.4 Å². The van der Waals surface area contributed by atoms with Gasteiger partial charge in [-0.15, -0.1) is 0 Å². The van der Waals surface area contributed by atoms with Crippen molar-refractivity contribution in [1.29, 1.82) is 0 Å². The van der Waals surface area contributed by atoms with E-state index in [1.54, 1.807) is 6.92 Å². The summed E-state index contributed by atoms with van der Waals surface area (Å²) in [5, 5.41) is 0.